The number of hydrogen-bond acceptors (Lipinski definition) is 4. The van der Waals surface area contributed by atoms with Crippen LogP contribution in [0.4, 0.5) is 0 Å². The van der Waals surface area contributed by atoms with Crippen LogP contribution in [0.5, 0.6) is 0 Å². The highest BCUT2D eigenvalue weighted by Crippen LogP contribution is 2.25. The van der Waals surface area contributed by atoms with Crippen molar-refractivity contribution < 1.29 is 14.3 Å². The number of nitrogens with zero attached hydrogens (tertiary/aromatic N) is 3. The molecule has 0 N–H and O–H groups in total. The third-order valence-corrected chi connectivity index (χ3v) is 7.56. The number of amides is 2. The summed E-state index contributed by atoms with van der Waals surface area (Å²) in [6.07, 6.45) is 7.61. The van der Waals surface area contributed by atoms with E-state index in [9.17, 15) is 9.59 Å². The summed E-state index contributed by atoms with van der Waals surface area (Å²) in [5.41, 5.74) is 2.34. The zero-order valence-corrected chi connectivity index (χ0v) is 21.3. The Morgan fingerprint density at radius 2 is 1.83 bits per heavy atom. The van der Waals surface area contributed by atoms with Gasteiger partial charge in [0.05, 0.1) is 18.0 Å². The minimum atomic E-state index is -0.110. The third-order valence-electron chi connectivity index (χ3n) is 6.70. The Labute approximate surface area is 212 Å². The van der Waals surface area contributed by atoms with E-state index in [1.54, 1.807) is 12.0 Å². The highest BCUT2D eigenvalue weighted by atomic mass is 32.1. The molecule has 1 aromatic carbocycles. The van der Waals surface area contributed by atoms with Crippen LogP contribution in [0.3, 0.4) is 0 Å². The molecule has 186 valence electrons. The molecule has 2 heterocycles. The predicted octanol–water partition coefficient (Wildman–Crippen LogP) is 5.05. The molecule has 1 saturated carbocycles. The van der Waals surface area contributed by atoms with E-state index in [-0.39, 0.29) is 24.4 Å². The highest BCUT2D eigenvalue weighted by molar-refractivity contribution is 7.12. The number of thiophene rings is 1. The minimum absolute atomic E-state index is 0.00497. The Balaban J connectivity index is 1.53. The molecule has 35 heavy (non-hydrogen) atoms. The molecule has 3 aromatic rings. The van der Waals surface area contributed by atoms with Gasteiger partial charge in [0.15, 0.2) is 0 Å². The van der Waals surface area contributed by atoms with Crippen molar-refractivity contribution >= 4 is 23.2 Å². The fourth-order valence-corrected chi connectivity index (χ4v) is 5.47. The number of hydrogen-bond donors (Lipinski definition) is 0. The molecule has 2 amide bonds. The number of rotatable bonds is 11. The molecule has 0 radical (unpaired) electrons. The van der Waals surface area contributed by atoms with Gasteiger partial charge in [-0.15, -0.1) is 11.3 Å². The van der Waals surface area contributed by atoms with Crippen molar-refractivity contribution in [3.05, 3.63) is 82.3 Å². The number of carbonyl (C=O) groups excluding carboxylic acids is 2. The average molecular weight is 494 g/mol. The van der Waals surface area contributed by atoms with Crippen LogP contribution in [0.15, 0.2) is 66.2 Å². The molecular weight excluding hydrogens is 458 g/mol. The lowest BCUT2D eigenvalue weighted by Gasteiger charge is -2.36. The molecule has 0 spiro atoms. The molecule has 0 saturated heterocycles. The standard InChI is InChI=1S/C28H35N3O3S/c1-34-18-17-30(28(33)26-15-9-19-35-26)22-27(32)31(24-12-6-3-7-13-24)21-25-14-8-16-29(25)20-23-10-4-2-5-11-23/h2,4-5,8-11,14-16,19,24H,3,6-7,12-13,17-18,20-22H2,1H3. The quantitative estimate of drug-likeness (QED) is 0.376. The Morgan fingerprint density at radius 1 is 1.03 bits per heavy atom. The normalized spacial score (nSPS) is 14.1. The Kier molecular flexibility index (Phi) is 9.15. The van der Waals surface area contributed by atoms with E-state index in [0.29, 0.717) is 24.6 Å². The zero-order valence-electron chi connectivity index (χ0n) is 20.5. The summed E-state index contributed by atoms with van der Waals surface area (Å²) in [4.78, 5) is 31.2. The molecule has 1 aliphatic rings. The lowest BCUT2D eigenvalue weighted by Crippen LogP contribution is -2.48. The molecule has 0 bridgehead atoms. The number of aromatic nitrogens is 1. The van der Waals surface area contributed by atoms with Crippen LogP contribution in [0.1, 0.15) is 53.0 Å². The van der Waals surface area contributed by atoms with E-state index >= 15 is 0 Å². The van der Waals surface area contributed by atoms with Crippen molar-refractivity contribution in [1.29, 1.82) is 0 Å². The predicted molar refractivity (Wildman–Crippen MR) is 139 cm³/mol. The first-order valence-electron chi connectivity index (χ1n) is 12.4. The van der Waals surface area contributed by atoms with Gasteiger partial charge in [0, 0.05) is 38.1 Å². The van der Waals surface area contributed by atoms with Crippen molar-refractivity contribution in [3.8, 4) is 0 Å². The van der Waals surface area contributed by atoms with E-state index in [4.69, 9.17) is 4.74 Å². The first-order chi connectivity index (χ1) is 17.2. The lowest BCUT2D eigenvalue weighted by atomic mass is 9.94. The summed E-state index contributed by atoms with van der Waals surface area (Å²) in [6.45, 7) is 2.17. The molecule has 2 aromatic heterocycles. The van der Waals surface area contributed by atoms with Crippen LogP contribution < -0.4 is 0 Å². The van der Waals surface area contributed by atoms with Crippen LogP contribution in [0.25, 0.3) is 0 Å². The monoisotopic (exact) mass is 493 g/mol. The Hall–Kier alpha value is -2.90. The van der Waals surface area contributed by atoms with E-state index in [1.165, 1.54) is 23.3 Å². The lowest BCUT2D eigenvalue weighted by molar-refractivity contribution is -0.135. The maximum absolute atomic E-state index is 13.8. The van der Waals surface area contributed by atoms with E-state index in [2.05, 4.69) is 41.1 Å². The van der Waals surface area contributed by atoms with Crippen LogP contribution in [0.2, 0.25) is 0 Å². The van der Waals surface area contributed by atoms with Crippen LogP contribution in [-0.4, -0.2) is 59.0 Å². The molecule has 1 fully saturated rings. The van der Waals surface area contributed by atoms with Crippen LogP contribution in [0, 0.1) is 0 Å². The minimum Gasteiger partial charge on any atom is -0.383 e. The largest absolute Gasteiger partial charge is 0.383 e. The molecule has 7 heteroatoms. The molecular formula is C28H35N3O3S. The molecule has 4 rings (SSSR count). The zero-order chi connectivity index (χ0) is 24.5. The van der Waals surface area contributed by atoms with Gasteiger partial charge in [0.1, 0.15) is 6.54 Å². The number of methoxy groups -OCH3 is 1. The number of benzene rings is 1. The second-order valence-electron chi connectivity index (χ2n) is 9.12. The highest BCUT2D eigenvalue weighted by Gasteiger charge is 2.29. The van der Waals surface area contributed by atoms with Crippen molar-refractivity contribution in [2.45, 2.75) is 51.2 Å². The smallest absolute Gasteiger partial charge is 0.264 e. The fraction of sp³-hybridized carbons (Fsp3) is 0.429. The van der Waals surface area contributed by atoms with Gasteiger partial charge < -0.3 is 19.1 Å². The summed E-state index contributed by atoms with van der Waals surface area (Å²) >= 11 is 1.40. The van der Waals surface area contributed by atoms with Gasteiger partial charge in [-0.05, 0) is 42.0 Å². The van der Waals surface area contributed by atoms with Crippen molar-refractivity contribution in [3.63, 3.8) is 0 Å². The molecule has 6 nitrogen and oxygen atoms in total. The Bertz CT molecular complexity index is 1060. The topological polar surface area (TPSA) is 54.8 Å². The summed E-state index contributed by atoms with van der Waals surface area (Å²) in [7, 11) is 1.62. The van der Waals surface area contributed by atoms with E-state index < -0.39 is 0 Å². The second kappa shape index (κ2) is 12.7. The van der Waals surface area contributed by atoms with Crippen LogP contribution >= 0.6 is 11.3 Å². The average Bonchev–Trinajstić information content (AvgIpc) is 3.58. The SMILES string of the molecule is COCCN(CC(=O)N(Cc1cccn1Cc1ccccc1)C1CCCCC1)C(=O)c1cccs1. The molecule has 0 aliphatic heterocycles. The van der Waals surface area contributed by atoms with Gasteiger partial charge in [-0.25, -0.2) is 0 Å². The summed E-state index contributed by atoms with van der Waals surface area (Å²) in [6, 6.07) is 18.4. The van der Waals surface area contributed by atoms with Gasteiger partial charge in [0.25, 0.3) is 5.91 Å². The third kappa shape index (κ3) is 6.83. The van der Waals surface area contributed by atoms with Crippen molar-refractivity contribution in [2.75, 3.05) is 26.8 Å². The van der Waals surface area contributed by atoms with Gasteiger partial charge in [-0.2, -0.15) is 0 Å². The molecule has 0 atom stereocenters. The van der Waals surface area contributed by atoms with Crippen molar-refractivity contribution in [2.24, 2.45) is 0 Å². The van der Waals surface area contributed by atoms with Gasteiger partial charge in [-0.3, -0.25) is 9.59 Å². The van der Waals surface area contributed by atoms with Gasteiger partial charge >= 0.3 is 0 Å². The maximum atomic E-state index is 13.8. The van der Waals surface area contributed by atoms with Crippen molar-refractivity contribution in [1.82, 2.24) is 14.4 Å². The van der Waals surface area contributed by atoms with E-state index in [0.717, 1.165) is 37.9 Å². The maximum Gasteiger partial charge on any atom is 0.264 e. The summed E-state index contributed by atoms with van der Waals surface area (Å²) < 4.78 is 7.46. The first kappa shape index (κ1) is 25.2. The first-order valence-corrected chi connectivity index (χ1v) is 13.3. The van der Waals surface area contributed by atoms with Crippen LogP contribution in [-0.2, 0) is 22.6 Å². The molecule has 0 unspecified atom stereocenters. The molecule has 1 aliphatic carbocycles. The fourth-order valence-electron chi connectivity index (χ4n) is 4.78. The second-order valence-corrected chi connectivity index (χ2v) is 10.1. The Morgan fingerprint density at radius 3 is 2.54 bits per heavy atom. The van der Waals surface area contributed by atoms with E-state index in [1.807, 2.05) is 34.5 Å². The van der Waals surface area contributed by atoms with Gasteiger partial charge in [0.2, 0.25) is 5.91 Å². The summed E-state index contributed by atoms with van der Waals surface area (Å²) in [5.74, 6) is -0.105. The summed E-state index contributed by atoms with van der Waals surface area (Å²) in [5, 5.41) is 1.89. The van der Waals surface area contributed by atoms with Gasteiger partial charge in [-0.1, -0.05) is 55.7 Å². The number of ether oxygens (including phenoxy) is 1. The number of carbonyl (C=O) groups is 2.